The summed E-state index contributed by atoms with van der Waals surface area (Å²) in [6, 6.07) is 0.783. The Labute approximate surface area is 75.5 Å². The van der Waals surface area contributed by atoms with Crippen molar-refractivity contribution in [1.82, 2.24) is 0 Å². The van der Waals surface area contributed by atoms with E-state index in [-0.39, 0.29) is 0 Å². The average Bonchev–Trinajstić information content (AvgIpc) is 2.02. The first-order valence-corrected chi connectivity index (χ1v) is 6.55. The topological polar surface area (TPSA) is 70.5 Å². The fourth-order valence-electron chi connectivity index (χ4n) is 1.02. The number of nitrogens with two attached hydrogens (primary N) is 2. The van der Waals surface area contributed by atoms with Gasteiger partial charge in [0, 0.05) is 19.3 Å². The summed E-state index contributed by atoms with van der Waals surface area (Å²) >= 11 is 0. The highest BCUT2D eigenvalue weighted by molar-refractivity contribution is 6.63. The van der Waals surface area contributed by atoms with Crippen molar-refractivity contribution in [3.8, 4) is 0 Å². The minimum absolute atomic E-state index is 0.618. The normalized spacial score (nSPS) is 12.0. The van der Waals surface area contributed by atoms with E-state index in [4.69, 9.17) is 20.0 Å². The Kier molecular flexibility index (Phi) is 6.59. The summed E-state index contributed by atoms with van der Waals surface area (Å²) in [6.07, 6.45) is 0.878. The molecule has 0 fully saturated rings. The van der Waals surface area contributed by atoms with E-state index >= 15 is 0 Å². The molecule has 0 aromatic carbocycles. The van der Waals surface area contributed by atoms with E-state index in [1.807, 2.05) is 13.8 Å². The molecule has 0 atom stereocenters. The zero-order valence-electron chi connectivity index (χ0n) is 8.01. The first-order valence-electron chi connectivity index (χ1n) is 4.45. The zero-order chi connectivity index (χ0) is 9.45. The van der Waals surface area contributed by atoms with Gasteiger partial charge in [-0.05, 0) is 26.8 Å². The van der Waals surface area contributed by atoms with Crippen molar-refractivity contribution >= 4 is 8.72 Å². The molecule has 0 aliphatic heterocycles. The molecule has 0 amide bonds. The van der Waals surface area contributed by atoms with Crippen molar-refractivity contribution in [2.45, 2.75) is 26.3 Å². The third-order valence-electron chi connectivity index (χ3n) is 1.51. The van der Waals surface area contributed by atoms with E-state index in [0.717, 1.165) is 12.5 Å². The first kappa shape index (κ1) is 12.1. The summed E-state index contributed by atoms with van der Waals surface area (Å²) in [7, 11) is -2.35. The molecular weight excluding hydrogens is 172 g/mol. The summed E-state index contributed by atoms with van der Waals surface area (Å²) in [5.41, 5.74) is 5.38. The standard InChI is InChI=1S/C7H20N2O2Si/c1-3-10-12(9,11-4-2)7-5-6-8/h3-9H2,1-2H3. The Morgan fingerprint density at radius 3 is 2.00 bits per heavy atom. The first-order chi connectivity index (χ1) is 5.68. The van der Waals surface area contributed by atoms with E-state index in [1.165, 1.54) is 0 Å². The van der Waals surface area contributed by atoms with Gasteiger partial charge in [0.25, 0.3) is 0 Å². The molecule has 0 bridgehead atoms. The molecule has 5 heteroatoms. The van der Waals surface area contributed by atoms with E-state index in [1.54, 1.807) is 0 Å². The molecule has 12 heavy (non-hydrogen) atoms. The molecular formula is C7H20N2O2Si. The quantitative estimate of drug-likeness (QED) is 0.569. The van der Waals surface area contributed by atoms with Crippen LogP contribution in [0.15, 0.2) is 0 Å². The van der Waals surface area contributed by atoms with Crippen LogP contribution < -0.4 is 11.1 Å². The molecule has 0 aliphatic carbocycles. The molecule has 0 heterocycles. The van der Waals surface area contributed by atoms with Gasteiger partial charge >= 0.3 is 8.72 Å². The third kappa shape index (κ3) is 4.84. The van der Waals surface area contributed by atoms with Gasteiger partial charge in [0.15, 0.2) is 0 Å². The van der Waals surface area contributed by atoms with Crippen molar-refractivity contribution in [1.29, 1.82) is 0 Å². The van der Waals surface area contributed by atoms with Crippen LogP contribution in [0.1, 0.15) is 20.3 Å². The molecule has 4 nitrogen and oxygen atoms in total. The maximum Gasteiger partial charge on any atom is 0.422 e. The molecule has 74 valence electrons. The maximum absolute atomic E-state index is 5.94. The predicted molar refractivity (Wildman–Crippen MR) is 51.7 cm³/mol. The highest BCUT2D eigenvalue weighted by Crippen LogP contribution is 2.08. The average molecular weight is 192 g/mol. The lowest BCUT2D eigenvalue weighted by molar-refractivity contribution is 0.183. The highest BCUT2D eigenvalue weighted by Gasteiger charge is 2.31. The van der Waals surface area contributed by atoms with Crippen LogP contribution in [-0.4, -0.2) is 28.5 Å². The highest BCUT2D eigenvalue weighted by atomic mass is 28.4. The number of hydrogen-bond donors (Lipinski definition) is 2. The van der Waals surface area contributed by atoms with Crippen molar-refractivity contribution in [2.24, 2.45) is 11.1 Å². The molecule has 0 saturated carbocycles. The van der Waals surface area contributed by atoms with Crippen LogP contribution in [0.3, 0.4) is 0 Å². The lowest BCUT2D eigenvalue weighted by atomic mass is 10.5. The lowest BCUT2D eigenvalue weighted by Gasteiger charge is -2.24. The molecule has 0 radical (unpaired) electrons. The summed E-state index contributed by atoms with van der Waals surface area (Å²) in [5, 5.41) is 5.94. The Bertz CT molecular complexity index is 108. The van der Waals surface area contributed by atoms with Crippen molar-refractivity contribution < 1.29 is 8.85 Å². The van der Waals surface area contributed by atoms with Gasteiger partial charge in [-0.1, -0.05) is 0 Å². The third-order valence-corrected chi connectivity index (χ3v) is 4.11. The molecule has 0 rings (SSSR count). The molecule has 0 aromatic heterocycles. The van der Waals surface area contributed by atoms with Crippen molar-refractivity contribution in [3.63, 3.8) is 0 Å². The Morgan fingerprint density at radius 1 is 1.17 bits per heavy atom. The van der Waals surface area contributed by atoms with Gasteiger partial charge in [0.05, 0.1) is 0 Å². The van der Waals surface area contributed by atoms with Crippen LogP contribution >= 0.6 is 0 Å². The van der Waals surface area contributed by atoms with Crippen LogP contribution in [-0.2, 0) is 8.85 Å². The molecule has 0 spiro atoms. The maximum atomic E-state index is 5.94. The van der Waals surface area contributed by atoms with Gasteiger partial charge < -0.3 is 20.0 Å². The zero-order valence-corrected chi connectivity index (χ0v) is 9.01. The van der Waals surface area contributed by atoms with E-state index in [2.05, 4.69) is 0 Å². The Hall–Kier alpha value is 0.0569. The molecule has 4 N–H and O–H groups in total. The smallest absolute Gasteiger partial charge is 0.383 e. The summed E-state index contributed by atoms with van der Waals surface area (Å²) in [4.78, 5) is 0. The van der Waals surface area contributed by atoms with Crippen LogP contribution in [0, 0.1) is 0 Å². The predicted octanol–water partition coefficient (Wildman–Crippen LogP) is 0.306. The second-order valence-electron chi connectivity index (χ2n) is 2.57. The van der Waals surface area contributed by atoms with Crippen molar-refractivity contribution in [2.75, 3.05) is 19.8 Å². The van der Waals surface area contributed by atoms with Crippen LogP contribution in [0.25, 0.3) is 0 Å². The lowest BCUT2D eigenvalue weighted by Crippen LogP contribution is -2.52. The van der Waals surface area contributed by atoms with E-state index < -0.39 is 8.72 Å². The monoisotopic (exact) mass is 192 g/mol. The molecule has 0 aliphatic rings. The Balaban J connectivity index is 3.80. The fraction of sp³-hybridized carbons (Fsp3) is 1.00. The van der Waals surface area contributed by atoms with Crippen LogP contribution in [0.5, 0.6) is 0 Å². The van der Waals surface area contributed by atoms with Gasteiger partial charge in [-0.15, -0.1) is 0 Å². The van der Waals surface area contributed by atoms with Crippen LogP contribution in [0.2, 0.25) is 6.04 Å². The molecule has 0 aromatic rings. The number of hydrogen-bond acceptors (Lipinski definition) is 4. The van der Waals surface area contributed by atoms with Gasteiger partial charge in [0.1, 0.15) is 0 Å². The molecule has 0 saturated heterocycles. The van der Waals surface area contributed by atoms with Gasteiger partial charge in [-0.2, -0.15) is 0 Å². The van der Waals surface area contributed by atoms with Crippen molar-refractivity contribution in [3.05, 3.63) is 0 Å². The largest absolute Gasteiger partial charge is 0.422 e. The van der Waals surface area contributed by atoms with Gasteiger partial charge in [-0.25, -0.2) is 0 Å². The number of rotatable bonds is 7. The van der Waals surface area contributed by atoms with E-state index in [9.17, 15) is 0 Å². The Morgan fingerprint density at radius 2 is 1.67 bits per heavy atom. The summed E-state index contributed by atoms with van der Waals surface area (Å²) in [5.74, 6) is 0. The van der Waals surface area contributed by atoms with Gasteiger partial charge in [-0.3, -0.25) is 0 Å². The summed E-state index contributed by atoms with van der Waals surface area (Å²) in [6.45, 7) is 5.73. The minimum atomic E-state index is -2.35. The fourth-order valence-corrected chi connectivity index (χ4v) is 3.07. The van der Waals surface area contributed by atoms with Crippen LogP contribution in [0.4, 0.5) is 0 Å². The SMILES string of the molecule is CCO[Si](N)(CCCN)OCC. The summed E-state index contributed by atoms with van der Waals surface area (Å²) < 4.78 is 10.8. The van der Waals surface area contributed by atoms with Gasteiger partial charge in [0.2, 0.25) is 0 Å². The second kappa shape index (κ2) is 6.56. The second-order valence-corrected chi connectivity index (χ2v) is 5.27. The minimum Gasteiger partial charge on any atom is -0.383 e. The van der Waals surface area contributed by atoms with E-state index in [0.29, 0.717) is 19.8 Å². The molecule has 0 unspecified atom stereocenters.